The third-order valence-electron chi connectivity index (χ3n) is 2.51. The SMILES string of the molecule is CCCCCC(=O)NCC(=O)Nc1ccccc1. The first kappa shape index (κ1) is 14.2. The number of hydrogen-bond acceptors (Lipinski definition) is 2. The molecule has 0 aliphatic heterocycles. The zero-order valence-electron chi connectivity index (χ0n) is 10.7. The van der Waals surface area contributed by atoms with Crippen LogP contribution in [0.4, 0.5) is 5.69 Å². The van der Waals surface area contributed by atoms with E-state index in [1.54, 1.807) is 12.1 Å². The Morgan fingerprint density at radius 1 is 1.06 bits per heavy atom. The van der Waals surface area contributed by atoms with Gasteiger partial charge in [0.05, 0.1) is 6.54 Å². The molecular weight excluding hydrogens is 228 g/mol. The summed E-state index contributed by atoms with van der Waals surface area (Å²) >= 11 is 0. The highest BCUT2D eigenvalue weighted by molar-refractivity contribution is 5.94. The molecule has 2 N–H and O–H groups in total. The quantitative estimate of drug-likeness (QED) is 0.727. The Kier molecular flexibility index (Phi) is 6.54. The molecule has 0 atom stereocenters. The second-order valence-electron chi connectivity index (χ2n) is 4.15. The Hall–Kier alpha value is -1.84. The van der Waals surface area contributed by atoms with Gasteiger partial charge in [-0.15, -0.1) is 0 Å². The molecule has 1 rings (SSSR count). The van der Waals surface area contributed by atoms with E-state index in [2.05, 4.69) is 17.6 Å². The molecule has 0 spiro atoms. The molecule has 4 heteroatoms. The Bertz CT molecular complexity index is 377. The van der Waals surface area contributed by atoms with Crippen molar-refractivity contribution in [3.63, 3.8) is 0 Å². The lowest BCUT2D eigenvalue weighted by atomic mass is 10.2. The van der Waals surface area contributed by atoms with Crippen molar-refractivity contribution in [2.75, 3.05) is 11.9 Å². The Labute approximate surface area is 108 Å². The summed E-state index contributed by atoms with van der Waals surface area (Å²) in [5, 5.41) is 5.32. The zero-order valence-corrected chi connectivity index (χ0v) is 10.7. The highest BCUT2D eigenvalue weighted by Gasteiger charge is 2.05. The van der Waals surface area contributed by atoms with E-state index in [4.69, 9.17) is 0 Å². The minimum atomic E-state index is -0.204. The van der Waals surface area contributed by atoms with Gasteiger partial charge in [-0.2, -0.15) is 0 Å². The minimum Gasteiger partial charge on any atom is -0.347 e. The second kappa shape index (κ2) is 8.28. The van der Waals surface area contributed by atoms with Crippen LogP contribution in [-0.4, -0.2) is 18.4 Å². The molecule has 0 fully saturated rings. The van der Waals surface area contributed by atoms with Crippen molar-refractivity contribution in [3.8, 4) is 0 Å². The van der Waals surface area contributed by atoms with E-state index in [1.807, 2.05) is 18.2 Å². The van der Waals surface area contributed by atoms with Gasteiger partial charge in [0, 0.05) is 12.1 Å². The summed E-state index contributed by atoms with van der Waals surface area (Å²) < 4.78 is 0. The summed E-state index contributed by atoms with van der Waals surface area (Å²) in [7, 11) is 0. The molecule has 0 aromatic heterocycles. The molecule has 0 aliphatic rings. The number of anilines is 1. The number of carbonyl (C=O) groups excluding carboxylic acids is 2. The van der Waals surface area contributed by atoms with E-state index in [0.717, 1.165) is 24.9 Å². The zero-order chi connectivity index (χ0) is 13.2. The Morgan fingerprint density at radius 2 is 1.78 bits per heavy atom. The number of rotatable bonds is 7. The maximum absolute atomic E-state index is 11.5. The smallest absolute Gasteiger partial charge is 0.243 e. The Balaban J connectivity index is 2.19. The van der Waals surface area contributed by atoms with Crippen LogP contribution in [0.15, 0.2) is 30.3 Å². The van der Waals surface area contributed by atoms with Gasteiger partial charge >= 0.3 is 0 Å². The van der Waals surface area contributed by atoms with E-state index < -0.39 is 0 Å². The molecule has 4 nitrogen and oxygen atoms in total. The molecule has 0 saturated heterocycles. The van der Waals surface area contributed by atoms with Crippen LogP contribution in [0.2, 0.25) is 0 Å². The van der Waals surface area contributed by atoms with Gasteiger partial charge in [0.1, 0.15) is 0 Å². The molecule has 0 saturated carbocycles. The van der Waals surface area contributed by atoms with Crippen molar-refractivity contribution in [3.05, 3.63) is 30.3 Å². The lowest BCUT2D eigenvalue weighted by Gasteiger charge is -2.06. The molecule has 0 radical (unpaired) electrons. The molecule has 98 valence electrons. The van der Waals surface area contributed by atoms with Crippen LogP contribution >= 0.6 is 0 Å². The van der Waals surface area contributed by atoms with E-state index in [-0.39, 0.29) is 18.4 Å². The van der Waals surface area contributed by atoms with Gasteiger partial charge in [-0.3, -0.25) is 9.59 Å². The van der Waals surface area contributed by atoms with Crippen molar-refractivity contribution in [1.82, 2.24) is 5.32 Å². The monoisotopic (exact) mass is 248 g/mol. The fourth-order valence-corrected chi connectivity index (χ4v) is 1.53. The molecule has 2 amide bonds. The first-order valence-corrected chi connectivity index (χ1v) is 6.34. The van der Waals surface area contributed by atoms with Crippen LogP contribution in [0.25, 0.3) is 0 Å². The van der Waals surface area contributed by atoms with Crippen LogP contribution < -0.4 is 10.6 Å². The number of benzene rings is 1. The largest absolute Gasteiger partial charge is 0.347 e. The van der Waals surface area contributed by atoms with Gasteiger partial charge in [0.25, 0.3) is 0 Å². The highest BCUT2D eigenvalue weighted by atomic mass is 16.2. The topological polar surface area (TPSA) is 58.2 Å². The third kappa shape index (κ3) is 6.03. The lowest BCUT2D eigenvalue weighted by molar-refractivity contribution is -0.124. The van der Waals surface area contributed by atoms with Gasteiger partial charge in [-0.25, -0.2) is 0 Å². The van der Waals surface area contributed by atoms with Gasteiger partial charge in [0.2, 0.25) is 11.8 Å². The van der Waals surface area contributed by atoms with Crippen molar-refractivity contribution in [2.45, 2.75) is 32.6 Å². The second-order valence-corrected chi connectivity index (χ2v) is 4.15. The minimum absolute atomic E-state index is 0.0276. The van der Waals surface area contributed by atoms with Crippen molar-refractivity contribution in [2.24, 2.45) is 0 Å². The summed E-state index contributed by atoms with van der Waals surface area (Å²) in [6.45, 7) is 2.12. The third-order valence-corrected chi connectivity index (χ3v) is 2.51. The van der Waals surface area contributed by atoms with Crippen LogP contribution in [0, 0.1) is 0 Å². The van der Waals surface area contributed by atoms with Gasteiger partial charge in [-0.1, -0.05) is 38.0 Å². The van der Waals surface area contributed by atoms with Crippen molar-refractivity contribution >= 4 is 17.5 Å². The van der Waals surface area contributed by atoms with Crippen LogP contribution in [0.5, 0.6) is 0 Å². The average Bonchev–Trinajstić information content (AvgIpc) is 2.38. The average molecular weight is 248 g/mol. The number of carbonyl (C=O) groups is 2. The van der Waals surface area contributed by atoms with Crippen molar-refractivity contribution < 1.29 is 9.59 Å². The first-order valence-electron chi connectivity index (χ1n) is 6.34. The summed E-state index contributed by atoms with van der Waals surface area (Å²) in [5.41, 5.74) is 0.739. The Morgan fingerprint density at radius 3 is 2.44 bits per heavy atom. The highest BCUT2D eigenvalue weighted by Crippen LogP contribution is 2.04. The summed E-state index contributed by atoms with van der Waals surface area (Å²) in [6.07, 6.45) is 3.50. The fourth-order valence-electron chi connectivity index (χ4n) is 1.53. The molecule has 18 heavy (non-hydrogen) atoms. The number of nitrogens with one attached hydrogen (secondary N) is 2. The van der Waals surface area contributed by atoms with Crippen molar-refractivity contribution in [1.29, 1.82) is 0 Å². The van der Waals surface area contributed by atoms with E-state index in [1.165, 1.54) is 0 Å². The van der Waals surface area contributed by atoms with Gasteiger partial charge < -0.3 is 10.6 Å². The van der Waals surface area contributed by atoms with Crippen LogP contribution in [0.3, 0.4) is 0 Å². The molecule has 0 aliphatic carbocycles. The standard InChI is InChI=1S/C14H20N2O2/c1-2-3-5-10-13(17)15-11-14(18)16-12-8-6-4-7-9-12/h4,6-9H,2-3,5,10-11H2,1H3,(H,15,17)(H,16,18). The normalized spacial score (nSPS) is 9.83. The number of unbranched alkanes of at least 4 members (excludes halogenated alkanes) is 2. The molecule has 0 unspecified atom stereocenters. The lowest BCUT2D eigenvalue weighted by Crippen LogP contribution is -2.32. The van der Waals surface area contributed by atoms with Crippen LogP contribution in [0.1, 0.15) is 32.6 Å². The number of amides is 2. The predicted molar refractivity (Wildman–Crippen MR) is 72.2 cm³/mol. The summed E-state index contributed by atoms with van der Waals surface area (Å²) in [5.74, 6) is -0.267. The maximum Gasteiger partial charge on any atom is 0.243 e. The van der Waals surface area contributed by atoms with Gasteiger partial charge in [-0.05, 0) is 18.6 Å². The summed E-state index contributed by atoms with van der Waals surface area (Å²) in [6, 6.07) is 9.19. The van der Waals surface area contributed by atoms with E-state index in [0.29, 0.717) is 6.42 Å². The number of hydrogen-bond donors (Lipinski definition) is 2. The molecule has 0 heterocycles. The van der Waals surface area contributed by atoms with E-state index >= 15 is 0 Å². The maximum atomic E-state index is 11.5. The number of para-hydroxylation sites is 1. The van der Waals surface area contributed by atoms with Crippen LogP contribution in [-0.2, 0) is 9.59 Å². The first-order chi connectivity index (χ1) is 8.72. The molecule has 1 aromatic rings. The summed E-state index contributed by atoms with van der Waals surface area (Å²) in [4.78, 5) is 22.9. The van der Waals surface area contributed by atoms with Gasteiger partial charge in [0.15, 0.2) is 0 Å². The fraction of sp³-hybridized carbons (Fsp3) is 0.429. The molecule has 1 aromatic carbocycles. The molecular formula is C14H20N2O2. The predicted octanol–water partition coefficient (Wildman–Crippen LogP) is 2.32. The molecule has 0 bridgehead atoms. The van der Waals surface area contributed by atoms with E-state index in [9.17, 15) is 9.59 Å².